The second-order valence-corrected chi connectivity index (χ2v) is 4.31. The van der Waals surface area contributed by atoms with Crippen molar-refractivity contribution in [1.82, 2.24) is 5.43 Å². The van der Waals surface area contributed by atoms with E-state index in [-0.39, 0.29) is 17.5 Å². The van der Waals surface area contributed by atoms with Gasteiger partial charge in [-0.2, -0.15) is 0 Å². The summed E-state index contributed by atoms with van der Waals surface area (Å²) in [4.78, 5) is 4.27. The van der Waals surface area contributed by atoms with Gasteiger partial charge in [0.1, 0.15) is 0 Å². The zero-order chi connectivity index (χ0) is 13.5. The molecular formula is C11H12F2N4O2. The van der Waals surface area contributed by atoms with E-state index in [4.69, 9.17) is 5.84 Å². The van der Waals surface area contributed by atoms with Crippen LogP contribution >= 0.6 is 0 Å². The van der Waals surface area contributed by atoms with E-state index in [1.807, 2.05) is 0 Å². The first-order chi connectivity index (χ1) is 9.05. The molecule has 0 saturated heterocycles. The summed E-state index contributed by atoms with van der Waals surface area (Å²) in [5.74, 6) is 5.68. The lowest BCUT2D eigenvalue weighted by atomic mass is 10.3. The molecule has 8 heteroatoms. The molecule has 2 aliphatic rings. The second-order valence-electron chi connectivity index (χ2n) is 4.31. The number of halogens is 2. The predicted molar refractivity (Wildman–Crippen MR) is 64.0 cm³/mol. The van der Waals surface area contributed by atoms with Gasteiger partial charge in [0.25, 0.3) is 0 Å². The van der Waals surface area contributed by atoms with Crippen LogP contribution in [0.1, 0.15) is 12.8 Å². The fourth-order valence-corrected chi connectivity index (χ4v) is 1.66. The number of aliphatic imine (C=N–C) groups is 1. The predicted octanol–water partition coefficient (Wildman–Crippen LogP) is 1.40. The SMILES string of the molecule is NNC(=NC1CC1)Nc1ccc2c(c1)OC(F)(F)O2. The van der Waals surface area contributed by atoms with E-state index in [1.54, 1.807) is 6.07 Å². The van der Waals surface area contributed by atoms with Gasteiger partial charge in [0.05, 0.1) is 6.04 Å². The van der Waals surface area contributed by atoms with Crippen LogP contribution in [0.15, 0.2) is 23.2 Å². The van der Waals surface area contributed by atoms with E-state index in [0.29, 0.717) is 11.6 Å². The van der Waals surface area contributed by atoms with Crippen molar-refractivity contribution in [2.75, 3.05) is 5.32 Å². The van der Waals surface area contributed by atoms with E-state index in [9.17, 15) is 8.78 Å². The number of nitrogens with two attached hydrogens (primary N) is 1. The summed E-state index contributed by atoms with van der Waals surface area (Å²) in [6, 6.07) is 4.64. The van der Waals surface area contributed by atoms with Gasteiger partial charge in [-0.25, -0.2) is 10.8 Å². The molecule has 1 aromatic rings. The molecule has 0 radical (unpaired) electrons. The monoisotopic (exact) mass is 270 g/mol. The van der Waals surface area contributed by atoms with Crippen molar-refractivity contribution < 1.29 is 18.3 Å². The summed E-state index contributed by atoms with van der Waals surface area (Å²) in [5.41, 5.74) is 2.95. The van der Waals surface area contributed by atoms with Crippen LogP contribution in [0, 0.1) is 0 Å². The molecular weight excluding hydrogens is 258 g/mol. The molecule has 102 valence electrons. The van der Waals surface area contributed by atoms with Gasteiger partial charge in [0.15, 0.2) is 11.5 Å². The summed E-state index contributed by atoms with van der Waals surface area (Å²) >= 11 is 0. The molecule has 0 spiro atoms. The highest BCUT2D eigenvalue weighted by Crippen LogP contribution is 2.42. The Bertz CT molecular complexity index is 531. The number of alkyl halides is 2. The fraction of sp³-hybridized carbons (Fsp3) is 0.364. The number of hydrogen-bond acceptors (Lipinski definition) is 4. The molecule has 4 N–H and O–H groups in total. The third-order valence-electron chi connectivity index (χ3n) is 2.66. The van der Waals surface area contributed by atoms with Crippen LogP contribution in [0.2, 0.25) is 0 Å². The van der Waals surface area contributed by atoms with Crippen molar-refractivity contribution in [3.8, 4) is 11.5 Å². The molecule has 1 heterocycles. The number of ether oxygens (including phenoxy) is 2. The number of fused-ring (bicyclic) bond motifs is 1. The Morgan fingerprint density at radius 1 is 1.32 bits per heavy atom. The number of anilines is 1. The maximum absolute atomic E-state index is 12.9. The van der Waals surface area contributed by atoms with Gasteiger partial charge >= 0.3 is 6.29 Å². The van der Waals surface area contributed by atoms with Gasteiger partial charge in [0, 0.05) is 11.8 Å². The van der Waals surface area contributed by atoms with Crippen LogP contribution in [0.4, 0.5) is 14.5 Å². The minimum absolute atomic E-state index is 0.00283. The molecule has 6 nitrogen and oxygen atoms in total. The molecule has 0 amide bonds. The number of rotatable bonds is 2. The number of hydrazine groups is 1. The van der Waals surface area contributed by atoms with Crippen molar-refractivity contribution in [2.45, 2.75) is 25.2 Å². The van der Waals surface area contributed by atoms with E-state index < -0.39 is 6.29 Å². The number of hydrogen-bond donors (Lipinski definition) is 3. The first-order valence-electron chi connectivity index (χ1n) is 5.77. The van der Waals surface area contributed by atoms with Crippen LogP contribution in [0.25, 0.3) is 0 Å². The Labute approximate surface area is 107 Å². The van der Waals surface area contributed by atoms with Gasteiger partial charge in [-0.05, 0) is 25.0 Å². The van der Waals surface area contributed by atoms with Crippen molar-refractivity contribution >= 4 is 11.6 Å². The van der Waals surface area contributed by atoms with Gasteiger partial charge in [0.2, 0.25) is 5.96 Å². The molecule has 0 bridgehead atoms. The van der Waals surface area contributed by atoms with E-state index in [1.165, 1.54) is 12.1 Å². The molecule has 0 unspecified atom stereocenters. The fourth-order valence-electron chi connectivity index (χ4n) is 1.66. The summed E-state index contributed by atoms with van der Waals surface area (Å²) in [6.45, 7) is 0. The van der Waals surface area contributed by atoms with Gasteiger partial charge in [-0.3, -0.25) is 5.43 Å². The number of benzene rings is 1. The van der Waals surface area contributed by atoms with E-state index in [2.05, 4.69) is 25.2 Å². The van der Waals surface area contributed by atoms with Crippen molar-refractivity contribution in [3.05, 3.63) is 18.2 Å². The Morgan fingerprint density at radius 2 is 2.05 bits per heavy atom. The Balaban J connectivity index is 1.76. The lowest BCUT2D eigenvalue weighted by molar-refractivity contribution is -0.286. The van der Waals surface area contributed by atoms with Crippen molar-refractivity contribution in [3.63, 3.8) is 0 Å². The van der Waals surface area contributed by atoms with Crippen molar-refractivity contribution in [2.24, 2.45) is 10.8 Å². The summed E-state index contributed by atoms with van der Waals surface area (Å²) in [5, 5.41) is 2.89. The molecule has 1 aromatic carbocycles. The molecule has 1 aliphatic carbocycles. The molecule has 19 heavy (non-hydrogen) atoms. The molecule has 0 aromatic heterocycles. The summed E-state index contributed by atoms with van der Waals surface area (Å²) in [6.07, 6.45) is -1.56. The maximum atomic E-state index is 12.9. The number of nitrogens with zero attached hydrogens (tertiary/aromatic N) is 1. The summed E-state index contributed by atoms with van der Waals surface area (Å²) < 4.78 is 34.4. The van der Waals surface area contributed by atoms with Gasteiger partial charge in [-0.1, -0.05) is 0 Å². The third-order valence-corrected chi connectivity index (χ3v) is 2.66. The topological polar surface area (TPSA) is 80.9 Å². The van der Waals surface area contributed by atoms with Crippen LogP contribution in [-0.2, 0) is 0 Å². The Hall–Kier alpha value is -2.09. The Kier molecular flexibility index (Phi) is 2.67. The lowest BCUT2D eigenvalue weighted by Crippen LogP contribution is -2.36. The third kappa shape index (κ3) is 2.68. The van der Waals surface area contributed by atoms with E-state index in [0.717, 1.165) is 12.8 Å². The summed E-state index contributed by atoms with van der Waals surface area (Å²) in [7, 11) is 0. The largest absolute Gasteiger partial charge is 0.586 e. The zero-order valence-electron chi connectivity index (χ0n) is 9.82. The standard InChI is InChI=1S/C11H12F2N4O2/c12-11(13)18-8-4-3-7(5-9(8)19-11)16-10(17-14)15-6-1-2-6/h3-6H,1-2,14H2,(H2,15,16,17). The lowest BCUT2D eigenvalue weighted by Gasteiger charge is -2.09. The highest BCUT2D eigenvalue weighted by atomic mass is 19.3. The highest BCUT2D eigenvalue weighted by molar-refractivity contribution is 5.93. The average Bonchev–Trinajstić information content (AvgIpc) is 3.09. The first-order valence-corrected chi connectivity index (χ1v) is 5.77. The number of nitrogens with one attached hydrogen (secondary N) is 2. The van der Waals surface area contributed by atoms with Gasteiger partial charge < -0.3 is 14.8 Å². The van der Waals surface area contributed by atoms with Gasteiger partial charge in [-0.15, -0.1) is 8.78 Å². The molecule has 3 rings (SSSR count). The Morgan fingerprint density at radius 3 is 2.74 bits per heavy atom. The normalized spacial score (nSPS) is 20.3. The van der Waals surface area contributed by atoms with Crippen LogP contribution in [0.3, 0.4) is 0 Å². The highest BCUT2D eigenvalue weighted by Gasteiger charge is 2.43. The zero-order valence-corrected chi connectivity index (χ0v) is 9.82. The van der Waals surface area contributed by atoms with Crippen LogP contribution < -0.4 is 26.1 Å². The molecule has 0 atom stereocenters. The quantitative estimate of drug-likeness (QED) is 0.327. The molecule has 1 aliphatic heterocycles. The van der Waals surface area contributed by atoms with Crippen molar-refractivity contribution in [1.29, 1.82) is 0 Å². The number of guanidine groups is 1. The first kappa shape index (κ1) is 12.0. The smallest absolute Gasteiger partial charge is 0.395 e. The van der Waals surface area contributed by atoms with Crippen LogP contribution in [0.5, 0.6) is 11.5 Å². The minimum Gasteiger partial charge on any atom is -0.395 e. The van der Waals surface area contributed by atoms with E-state index >= 15 is 0 Å². The molecule has 1 saturated carbocycles. The minimum atomic E-state index is -3.61. The maximum Gasteiger partial charge on any atom is 0.586 e. The molecule has 1 fully saturated rings. The van der Waals surface area contributed by atoms with Crippen LogP contribution in [-0.4, -0.2) is 18.3 Å². The second kappa shape index (κ2) is 4.23. The average molecular weight is 270 g/mol.